The third-order valence-electron chi connectivity index (χ3n) is 3.39. The van der Waals surface area contributed by atoms with Crippen molar-refractivity contribution >= 4 is 34.9 Å². The molecule has 0 amide bonds. The molecule has 1 nitrogen and oxygen atoms in total. The molecule has 1 N–H and O–H groups in total. The Hall–Kier alpha value is 0.360. The topological polar surface area (TPSA) is 12.0 Å². The van der Waals surface area contributed by atoms with Gasteiger partial charge < -0.3 is 5.32 Å². The smallest absolute Gasteiger partial charge is 0.0323 e. The minimum absolute atomic E-state index is 0.632. The summed E-state index contributed by atoms with van der Waals surface area (Å²) in [6.45, 7) is 5.64. The SMILES string of the molecule is CCNC(Cc1ccsc1)C1SCCSC1CC. The van der Waals surface area contributed by atoms with Crippen LogP contribution in [0.2, 0.25) is 0 Å². The molecule has 0 saturated carbocycles. The number of nitrogens with one attached hydrogen (secondary N) is 1. The molecular weight excluding hydrogens is 278 g/mol. The zero-order valence-electron chi connectivity index (χ0n) is 11.2. The first-order valence-corrected chi connectivity index (χ1v) is 9.86. The van der Waals surface area contributed by atoms with E-state index in [4.69, 9.17) is 0 Å². The minimum Gasteiger partial charge on any atom is -0.313 e. The van der Waals surface area contributed by atoms with Gasteiger partial charge in [-0.3, -0.25) is 0 Å². The van der Waals surface area contributed by atoms with Gasteiger partial charge in [-0.2, -0.15) is 34.9 Å². The van der Waals surface area contributed by atoms with Crippen LogP contribution in [0.1, 0.15) is 25.8 Å². The lowest BCUT2D eigenvalue weighted by Gasteiger charge is -2.36. The Morgan fingerprint density at radius 1 is 1.33 bits per heavy atom. The normalized spacial score (nSPS) is 26.1. The van der Waals surface area contributed by atoms with Gasteiger partial charge in [-0.15, -0.1) is 0 Å². The largest absolute Gasteiger partial charge is 0.313 e. The molecule has 1 aliphatic rings. The summed E-state index contributed by atoms with van der Waals surface area (Å²) in [4.78, 5) is 0. The molecule has 102 valence electrons. The Morgan fingerprint density at radius 2 is 2.17 bits per heavy atom. The number of rotatable bonds is 6. The van der Waals surface area contributed by atoms with Gasteiger partial charge in [-0.25, -0.2) is 0 Å². The van der Waals surface area contributed by atoms with Crippen molar-refractivity contribution in [3.8, 4) is 0 Å². The van der Waals surface area contributed by atoms with Crippen LogP contribution in [0.25, 0.3) is 0 Å². The molecule has 0 bridgehead atoms. The molecular formula is C14H23NS3. The molecule has 1 saturated heterocycles. The molecule has 2 heterocycles. The lowest BCUT2D eigenvalue weighted by molar-refractivity contribution is 0.490. The number of likely N-dealkylation sites (N-methyl/N-ethyl adjacent to an activating group) is 1. The van der Waals surface area contributed by atoms with Gasteiger partial charge >= 0.3 is 0 Å². The molecule has 0 aromatic carbocycles. The van der Waals surface area contributed by atoms with Crippen molar-refractivity contribution in [1.82, 2.24) is 5.32 Å². The van der Waals surface area contributed by atoms with Gasteiger partial charge in [0.15, 0.2) is 0 Å². The summed E-state index contributed by atoms with van der Waals surface area (Å²) in [5.41, 5.74) is 1.50. The lowest BCUT2D eigenvalue weighted by Crippen LogP contribution is -2.46. The highest BCUT2D eigenvalue weighted by atomic mass is 32.2. The van der Waals surface area contributed by atoms with E-state index < -0.39 is 0 Å². The van der Waals surface area contributed by atoms with Crippen LogP contribution in [0.5, 0.6) is 0 Å². The Bertz CT molecular complexity index is 326. The van der Waals surface area contributed by atoms with Crippen LogP contribution in [-0.2, 0) is 6.42 Å². The molecule has 0 aliphatic carbocycles. The number of thiophene rings is 1. The molecule has 0 spiro atoms. The number of hydrogen-bond donors (Lipinski definition) is 1. The Morgan fingerprint density at radius 3 is 2.83 bits per heavy atom. The molecule has 1 aliphatic heterocycles. The molecule has 1 fully saturated rings. The monoisotopic (exact) mass is 301 g/mol. The molecule has 3 atom stereocenters. The highest BCUT2D eigenvalue weighted by molar-refractivity contribution is 8.07. The summed E-state index contributed by atoms with van der Waals surface area (Å²) in [7, 11) is 0. The lowest BCUT2D eigenvalue weighted by atomic mass is 10.0. The summed E-state index contributed by atoms with van der Waals surface area (Å²) in [6.07, 6.45) is 2.49. The van der Waals surface area contributed by atoms with E-state index in [9.17, 15) is 0 Å². The number of thioether (sulfide) groups is 2. The Balaban J connectivity index is 2.02. The first kappa shape index (κ1) is 14.8. The van der Waals surface area contributed by atoms with E-state index >= 15 is 0 Å². The fourth-order valence-electron chi connectivity index (χ4n) is 2.54. The maximum Gasteiger partial charge on any atom is 0.0323 e. The van der Waals surface area contributed by atoms with Gasteiger partial charge in [-0.05, 0) is 41.8 Å². The van der Waals surface area contributed by atoms with Crippen molar-refractivity contribution in [3.63, 3.8) is 0 Å². The summed E-state index contributed by atoms with van der Waals surface area (Å²) in [5, 5.41) is 9.81. The average Bonchev–Trinajstić information content (AvgIpc) is 2.91. The molecule has 1 aromatic heterocycles. The van der Waals surface area contributed by atoms with Gasteiger partial charge in [-0.1, -0.05) is 13.8 Å². The second kappa shape index (κ2) is 7.83. The van der Waals surface area contributed by atoms with E-state index in [0.717, 1.165) is 17.0 Å². The second-order valence-electron chi connectivity index (χ2n) is 4.65. The highest BCUT2D eigenvalue weighted by Crippen LogP contribution is 2.36. The van der Waals surface area contributed by atoms with Gasteiger partial charge in [0.25, 0.3) is 0 Å². The van der Waals surface area contributed by atoms with Crippen molar-refractivity contribution < 1.29 is 0 Å². The molecule has 3 unspecified atom stereocenters. The van der Waals surface area contributed by atoms with Crippen LogP contribution in [0.3, 0.4) is 0 Å². The van der Waals surface area contributed by atoms with Gasteiger partial charge in [0, 0.05) is 28.0 Å². The van der Waals surface area contributed by atoms with E-state index in [1.165, 1.54) is 29.9 Å². The van der Waals surface area contributed by atoms with Crippen LogP contribution in [0.15, 0.2) is 16.8 Å². The van der Waals surface area contributed by atoms with Crippen LogP contribution >= 0.6 is 34.9 Å². The van der Waals surface area contributed by atoms with Crippen molar-refractivity contribution in [2.24, 2.45) is 0 Å². The second-order valence-corrected chi connectivity index (χ2v) is 8.07. The van der Waals surface area contributed by atoms with E-state index in [-0.39, 0.29) is 0 Å². The maximum atomic E-state index is 3.73. The Kier molecular flexibility index (Phi) is 6.42. The van der Waals surface area contributed by atoms with Crippen molar-refractivity contribution in [3.05, 3.63) is 22.4 Å². The maximum absolute atomic E-state index is 3.73. The van der Waals surface area contributed by atoms with Gasteiger partial charge in [0.05, 0.1) is 0 Å². The van der Waals surface area contributed by atoms with E-state index in [1.807, 2.05) is 11.3 Å². The van der Waals surface area contributed by atoms with E-state index in [0.29, 0.717) is 6.04 Å². The predicted molar refractivity (Wildman–Crippen MR) is 88.3 cm³/mol. The fourth-order valence-corrected chi connectivity index (χ4v) is 6.49. The van der Waals surface area contributed by atoms with Crippen molar-refractivity contribution in [2.75, 3.05) is 18.1 Å². The zero-order valence-corrected chi connectivity index (χ0v) is 13.7. The third kappa shape index (κ3) is 3.92. The molecule has 0 radical (unpaired) electrons. The molecule has 1 aromatic rings. The molecule has 2 rings (SSSR count). The summed E-state index contributed by atoms with van der Waals surface area (Å²) in [6, 6.07) is 2.91. The van der Waals surface area contributed by atoms with Crippen molar-refractivity contribution in [1.29, 1.82) is 0 Å². The zero-order chi connectivity index (χ0) is 12.8. The third-order valence-corrected chi connectivity index (χ3v) is 7.53. The van der Waals surface area contributed by atoms with E-state index in [2.05, 4.69) is 59.5 Å². The molecule has 4 heteroatoms. The van der Waals surface area contributed by atoms with Crippen LogP contribution in [-0.4, -0.2) is 34.6 Å². The van der Waals surface area contributed by atoms with Gasteiger partial charge in [0.1, 0.15) is 0 Å². The highest BCUT2D eigenvalue weighted by Gasteiger charge is 2.31. The number of hydrogen-bond acceptors (Lipinski definition) is 4. The fraction of sp³-hybridized carbons (Fsp3) is 0.714. The van der Waals surface area contributed by atoms with Crippen LogP contribution in [0.4, 0.5) is 0 Å². The van der Waals surface area contributed by atoms with Crippen LogP contribution in [0, 0.1) is 0 Å². The molecule has 18 heavy (non-hydrogen) atoms. The first-order chi connectivity index (χ1) is 8.85. The summed E-state index contributed by atoms with van der Waals surface area (Å²) < 4.78 is 0. The standard InChI is InChI=1S/C14H23NS3/c1-3-13-14(18-8-7-17-13)12(15-4-2)9-11-5-6-16-10-11/h5-6,10,12-15H,3-4,7-9H2,1-2H3. The predicted octanol–water partition coefficient (Wildman–Crippen LogP) is 3.90. The first-order valence-electron chi connectivity index (χ1n) is 6.82. The average molecular weight is 302 g/mol. The van der Waals surface area contributed by atoms with Crippen LogP contribution < -0.4 is 5.32 Å². The van der Waals surface area contributed by atoms with Gasteiger partial charge in [0.2, 0.25) is 0 Å². The summed E-state index contributed by atoms with van der Waals surface area (Å²) >= 11 is 6.18. The summed E-state index contributed by atoms with van der Waals surface area (Å²) in [5.74, 6) is 2.65. The Labute approximate surface area is 124 Å². The minimum atomic E-state index is 0.632. The van der Waals surface area contributed by atoms with Crippen molar-refractivity contribution in [2.45, 2.75) is 43.2 Å². The quantitative estimate of drug-likeness (QED) is 0.856. The van der Waals surface area contributed by atoms with E-state index in [1.54, 1.807) is 0 Å².